The van der Waals surface area contributed by atoms with Crippen LogP contribution < -0.4 is 11.1 Å². The number of nitrogens with one attached hydrogen (secondary N) is 1. The topological polar surface area (TPSA) is 55.1 Å². The molecule has 0 spiro atoms. The van der Waals surface area contributed by atoms with E-state index in [4.69, 9.17) is 5.73 Å². The minimum Gasteiger partial charge on any atom is -0.352 e. The van der Waals surface area contributed by atoms with Gasteiger partial charge in [0.2, 0.25) is 0 Å². The van der Waals surface area contributed by atoms with E-state index in [1.165, 1.54) is 2.88 Å². The Morgan fingerprint density at radius 2 is 2.16 bits per heavy atom. The van der Waals surface area contributed by atoms with Crippen molar-refractivity contribution in [3.8, 4) is 0 Å². The molecule has 1 aromatic carbocycles. The van der Waals surface area contributed by atoms with Crippen LogP contribution in [0.4, 0.5) is 0 Å². The number of fused-ring (bicyclic) bond motifs is 1. The molecule has 1 amide bonds. The van der Waals surface area contributed by atoms with E-state index >= 15 is 0 Å². The highest BCUT2D eigenvalue weighted by Crippen LogP contribution is 2.27. The summed E-state index contributed by atoms with van der Waals surface area (Å²) in [4.78, 5) is 11.8. The molecule has 0 aliphatic carbocycles. The minimum atomic E-state index is -0.167. The van der Waals surface area contributed by atoms with E-state index in [0.29, 0.717) is 0 Å². The van der Waals surface area contributed by atoms with E-state index in [1.54, 1.807) is 11.3 Å². The molecule has 98 valence electrons. The van der Waals surface area contributed by atoms with Gasteiger partial charge in [-0.05, 0) is 63.2 Å². The third-order valence-electron chi connectivity index (χ3n) is 3.36. The van der Waals surface area contributed by atoms with Crippen molar-refractivity contribution < 1.29 is 4.79 Å². The number of hydrogen-bond donors (Lipinski definition) is 2. The summed E-state index contributed by atoms with van der Waals surface area (Å²) in [6.45, 7) is 0.722. The lowest BCUT2D eigenvalue weighted by molar-refractivity contribution is 0.0946. The summed E-state index contributed by atoms with van der Waals surface area (Å²) in [6, 6.07) is 7.92. The van der Waals surface area contributed by atoms with Crippen LogP contribution >= 0.6 is 33.9 Å². The zero-order chi connectivity index (χ0) is 13.4. The van der Waals surface area contributed by atoms with Crippen LogP contribution in [0.2, 0.25) is 0 Å². The fourth-order valence-electron chi connectivity index (χ4n) is 2.30. The van der Waals surface area contributed by atoms with Crippen LogP contribution in [0.15, 0.2) is 29.6 Å². The Morgan fingerprint density at radius 1 is 1.32 bits per heavy atom. The third kappa shape index (κ3) is 2.54. The first-order chi connectivity index (χ1) is 9.15. The SMILES string of the molecule is NC(c1csc(I)c1)c1ccc2c(c1)C(=O)NCC2. The molecule has 3 N–H and O–H groups in total. The Bertz CT molecular complexity index is 638. The van der Waals surface area contributed by atoms with Crippen molar-refractivity contribution >= 4 is 39.8 Å². The molecule has 2 heterocycles. The molecule has 3 rings (SSSR count). The Hall–Kier alpha value is -0.920. The van der Waals surface area contributed by atoms with Crippen molar-refractivity contribution in [2.75, 3.05) is 6.54 Å². The number of benzene rings is 1. The molecule has 3 nitrogen and oxygen atoms in total. The van der Waals surface area contributed by atoms with Gasteiger partial charge in [-0.3, -0.25) is 4.79 Å². The van der Waals surface area contributed by atoms with E-state index < -0.39 is 0 Å². The number of nitrogens with two attached hydrogens (primary N) is 1. The molecule has 5 heteroatoms. The van der Waals surface area contributed by atoms with Crippen molar-refractivity contribution in [3.63, 3.8) is 0 Å². The van der Waals surface area contributed by atoms with Gasteiger partial charge in [-0.15, -0.1) is 11.3 Å². The summed E-state index contributed by atoms with van der Waals surface area (Å²) in [6.07, 6.45) is 0.896. The summed E-state index contributed by atoms with van der Waals surface area (Å²) in [7, 11) is 0. The number of amides is 1. The molecule has 1 aliphatic rings. The lowest BCUT2D eigenvalue weighted by atomic mass is 9.94. The van der Waals surface area contributed by atoms with E-state index in [1.807, 2.05) is 18.2 Å². The summed E-state index contributed by atoms with van der Waals surface area (Å²) in [5.41, 5.74) is 10.3. The van der Waals surface area contributed by atoms with Gasteiger partial charge in [0.15, 0.2) is 0 Å². The van der Waals surface area contributed by atoms with Crippen molar-refractivity contribution in [2.24, 2.45) is 5.73 Å². The molecule has 19 heavy (non-hydrogen) atoms. The number of halogens is 1. The van der Waals surface area contributed by atoms with Crippen molar-refractivity contribution in [1.29, 1.82) is 0 Å². The van der Waals surface area contributed by atoms with Crippen LogP contribution in [0.3, 0.4) is 0 Å². The average Bonchev–Trinajstić information content (AvgIpc) is 2.85. The van der Waals surface area contributed by atoms with Gasteiger partial charge in [0.05, 0.1) is 8.93 Å². The molecule has 1 atom stereocenters. The van der Waals surface area contributed by atoms with Crippen molar-refractivity contribution in [2.45, 2.75) is 12.5 Å². The van der Waals surface area contributed by atoms with Gasteiger partial charge in [0.25, 0.3) is 5.91 Å². The summed E-state index contributed by atoms with van der Waals surface area (Å²) in [5.74, 6) is 0.00944. The average molecular weight is 384 g/mol. The zero-order valence-corrected chi connectivity index (χ0v) is 13.1. The van der Waals surface area contributed by atoms with Crippen molar-refractivity contribution in [3.05, 3.63) is 54.8 Å². The Labute approximate surface area is 129 Å². The van der Waals surface area contributed by atoms with Gasteiger partial charge >= 0.3 is 0 Å². The standard InChI is InChI=1S/C14H13IN2OS/c15-12-6-10(7-19-12)13(16)9-2-1-8-3-4-17-14(18)11(8)5-9/h1-2,5-7,13H,3-4,16H2,(H,17,18). The van der Waals surface area contributed by atoms with Gasteiger partial charge in [-0.25, -0.2) is 0 Å². The molecule has 1 unspecified atom stereocenters. The quantitative estimate of drug-likeness (QED) is 0.783. The number of carbonyl (C=O) groups excluding carboxylic acids is 1. The van der Waals surface area contributed by atoms with Crippen molar-refractivity contribution in [1.82, 2.24) is 5.32 Å². The first-order valence-electron chi connectivity index (χ1n) is 6.05. The fraction of sp³-hybridized carbons (Fsp3) is 0.214. The number of carbonyl (C=O) groups is 1. The maximum Gasteiger partial charge on any atom is 0.251 e. The smallest absolute Gasteiger partial charge is 0.251 e. The Balaban J connectivity index is 1.97. The predicted octanol–water partition coefficient (Wildman–Crippen LogP) is 2.69. The van der Waals surface area contributed by atoms with Crippen LogP contribution in [0.5, 0.6) is 0 Å². The van der Waals surface area contributed by atoms with Gasteiger partial charge in [-0.2, -0.15) is 0 Å². The number of rotatable bonds is 2. The van der Waals surface area contributed by atoms with Crippen LogP contribution in [0.1, 0.15) is 33.1 Å². The highest BCUT2D eigenvalue weighted by molar-refractivity contribution is 14.1. The zero-order valence-electron chi connectivity index (χ0n) is 10.2. The lowest BCUT2D eigenvalue weighted by Gasteiger charge is -2.19. The Kier molecular flexibility index (Phi) is 3.60. The Morgan fingerprint density at radius 3 is 2.89 bits per heavy atom. The molecule has 0 bridgehead atoms. The highest BCUT2D eigenvalue weighted by atomic mass is 127. The first kappa shape index (κ1) is 13.1. The monoisotopic (exact) mass is 384 g/mol. The van der Waals surface area contributed by atoms with Crippen LogP contribution in [0, 0.1) is 2.88 Å². The van der Waals surface area contributed by atoms with E-state index in [2.05, 4.69) is 39.4 Å². The highest BCUT2D eigenvalue weighted by Gasteiger charge is 2.19. The summed E-state index contributed by atoms with van der Waals surface area (Å²) >= 11 is 3.97. The maximum atomic E-state index is 11.8. The normalized spacial score (nSPS) is 15.8. The first-order valence-corrected chi connectivity index (χ1v) is 8.01. The second kappa shape index (κ2) is 5.22. The second-order valence-corrected chi connectivity index (χ2v) is 7.39. The van der Waals surface area contributed by atoms with Gasteiger partial charge < -0.3 is 11.1 Å². The third-order valence-corrected chi connectivity index (χ3v) is 5.17. The molecule has 1 aromatic heterocycles. The van der Waals surface area contributed by atoms with E-state index in [-0.39, 0.29) is 11.9 Å². The summed E-state index contributed by atoms with van der Waals surface area (Å²) in [5, 5.41) is 4.94. The predicted molar refractivity (Wildman–Crippen MR) is 85.5 cm³/mol. The summed E-state index contributed by atoms with van der Waals surface area (Å²) < 4.78 is 1.22. The van der Waals surface area contributed by atoms with Gasteiger partial charge in [0.1, 0.15) is 0 Å². The number of hydrogen-bond acceptors (Lipinski definition) is 3. The fourth-order valence-corrected chi connectivity index (χ4v) is 3.71. The molecular formula is C14H13IN2OS. The second-order valence-electron chi connectivity index (χ2n) is 4.58. The molecule has 0 saturated heterocycles. The maximum absolute atomic E-state index is 11.8. The molecule has 0 radical (unpaired) electrons. The lowest BCUT2D eigenvalue weighted by Crippen LogP contribution is -2.32. The molecule has 1 aliphatic heterocycles. The van der Waals surface area contributed by atoms with Crippen LogP contribution in [0.25, 0.3) is 0 Å². The van der Waals surface area contributed by atoms with E-state index in [0.717, 1.165) is 35.2 Å². The number of thiophene rings is 1. The van der Waals surface area contributed by atoms with Crippen LogP contribution in [-0.2, 0) is 6.42 Å². The van der Waals surface area contributed by atoms with E-state index in [9.17, 15) is 4.79 Å². The minimum absolute atomic E-state index is 0.00944. The van der Waals surface area contributed by atoms with Gasteiger partial charge in [0, 0.05) is 12.1 Å². The molecule has 0 fully saturated rings. The largest absolute Gasteiger partial charge is 0.352 e. The molecule has 0 saturated carbocycles. The van der Waals surface area contributed by atoms with Gasteiger partial charge in [-0.1, -0.05) is 12.1 Å². The van der Waals surface area contributed by atoms with Crippen LogP contribution in [-0.4, -0.2) is 12.5 Å². The molecular weight excluding hydrogens is 371 g/mol. The molecule has 2 aromatic rings.